The van der Waals surface area contributed by atoms with E-state index in [-0.39, 0.29) is 5.92 Å². The topological polar surface area (TPSA) is 78.5 Å². The molecule has 0 bridgehead atoms. The van der Waals surface area contributed by atoms with Crippen LogP contribution < -0.4 is 4.74 Å². The molecule has 2 aromatic heterocycles. The third-order valence-electron chi connectivity index (χ3n) is 5.85. The molecule has 30 heavy (non-hydrogen) atoms. The average molecular weight is 422 g/mol. The van der Waals surface area contributed by atoms with Crippen molar-refractivity contribution in [2.75, 3.05) is 19.6 Å². The summed E-state index contributed by atoms with van der Waals surface area (Å²) in [6.45, 7) is 2.64. The molecular formula is C23H23N3O3S. The van der Waals surface area contributed by atoms with E-state index in [4.69, 9.17) is 9.84 Å². The number of hydrogen-bond acceptors (Lipinski definition) is 5. The highest BCUT2D eigenvalue weighted by Gasteiger charge is 2.24. The summed E-state index contributed by atoms with van der Waals surface area (Å²) >= 11 is 1.55. The molecule has 7 heteroatoms. The SMILES string of the molecule is O=C(O)C1CCN(CCc2c[nH]c3ccc(Oc4nc5ccccc5s4)cc23)CC1. The molecular weight excluding hydrogens is 398 g/mol. The molecule has 6 nitrogen and oxygen atoms in total. The number of carboxylic acid groups (broad SMARTS) is 1. The fourth-order valence-electron chi connectivity index (χ4n) is 4.11. The van der Waals surface area contributed by atoms with Gasteiger partial charge in [0.2, 0.25) is 0 Å². The summed E-state index contributed by atoms with van der Waals surface area (Å²) in [4.78, 5) is 21.4. The number of rotatable bonds is 6. The van der Waals surface area contributed by atoms with Crippen LogP contribution in [0, 0.1) is 5.92 Å². The molecule has 0 spiro atoms. The van der Waals surface area contributed by atoms with Crippen molar-refractivity contribution >= 4 is 38.4 Å². The molecule has 154 valence electrons. The summed E-state index contributed by atoms with van der Waals surface area (Å²) in [6.07, 6.45) is 4.46. The molecule has 4 aromatic rings. The fourth-order valence-corrected chi connectivity index (χ4v) is 4.94. The number of piperidine rings is 1. The van der Waals surface area contributed by atoms with Crippen LogP contribution in [0.1, 0.15) is 18.4 Å². The second kappa shape index (κ2) is 8.08. The van der Waals surface area contributed by atoms with Gasteiger partial charge in [-0.05, 0) is 68.2 Å². The van der Waals surface area contributed by atoms with E-state index in [1.54, 1.807) is 11.3 Å². The summed E-state index contributed by atoms with van der Waals surface area (Å²) in [5, 5.41) is 11.0. The summed E-state index contributed by atoms with van der Waals surface area (Å²) in [5.41, 5.74) is 3.29. The van der Waals surface area contributed by atoms with Crippen molar-refractivity contribution in [1.29, 1.82) is 0 Å². The third-order valence-corrected chi connectivity index (χ3v) is 6.77. The lowest BCUT2D eigenvalue weighted by Crippen LogP contribution is -2.37. The van der Waals surface area contributed by atoms with Crippen LogP contribution in [0.4, 0.5) is 0 Å². The number of nitrogens with zero attached hydrogens (tertiary/aromatic N) is 2. The number of carbonyl (C=O) groups is 1. The molecule has 1 aliphatic rings. The second-order valence-corrected chi connectivity index (χ2v) is 8.77. The van der Waals surface area contributed by atoms with Gasteiger partial charge in [0.1, 0.15) is 5.75 Å². The van der Waals surface area contributed by atoms with Gasteiger partial charge in [0.15, 0.2) is 0 Å². The van der Waals surface area contributed by atoms with Gasteiger partial charge in [0.05, 0.1) is 16.1 Å². The van der Waals surface area contributed by atoms with E-state index in [2.05, 4.69) is 27.1 Å². The van der Waals surface area contributed by atoms with Gasteiger partial charge >= 0.3 is 5.97 Å². The molecule has 0 aliphatic carbocycles. The number of aromatic amines is 1. The van der Waals surface area contributed by atoms with E-state index >= 15 is 0 Å². The van der Waals surface area contributed by atoms with Crippen molar-refractivity contribution in [2.45, 2.75) is 19.3 Å². The van der Waals surface area contributed by atoms with Gasteiger partial charge in [-0.15, -0.1) is 0 Å². The first-order valence-electron chi connectivity index (χ1n) is 10.2. The van der Waals surface area contributed by atoms with E-state index in [0.29, 0.717) is 5.19 Å². The minimum atomic E-state index is -0.660. The first kappa shape index (κ1) is 19.1. The lowest BCUT2D eigenvalue weighted by atomic mass is 9.97. The summed E-state index contributed by atoms with van der Waals surface area (Å²) in [6, 6.07) is 14.1. The first-order valence-corrected chi connectivity index (χ1v) is 11.1. The summed E-state index contributed by atoms with van der Waals surface area (Å²) in [5.74, 6) is -0.0619. The maximum Gasteiger partial charge on any atom is 0.306 e. The molecule has 3 heterocycles. The Morgan fingerprint density at radius 2 is 2.07 bits per heavy atom. The Hall–Kier alpha value is -2.90. The molecule has 0 unspecified atom stereocenters. The zero-order valence-corrected chi connectivity index (χ0v) is 17.3. The van der Waals surface area contributed by atoms with Crippen LogP contribution in [0.2, 0.25) is 0 Å². The van der Waals surface area contributed by atoms with E-state index in [1.165, 1.54) is 5.56 Å². The molecule has 1 aliphatic heterocycles. The highest BCUT2D eigenvalue weighted by molar-refractivity contribution is 7.20. The van der Waals surface area contributed by atoms with Crippen LogP contribution in [0.25, 0.3) is 21.1 Å². The largest absolute Gasteiger partial charge is 0.481 e. The van der Waals surface area contributed by atoms with Crippen LogP contribution in [0.15, 0.2) is 48.7 Å². The molecule has 2 N–H and O–H groups in total. The normalized spacial score (nSPS) is 15.7. The zero-order chi connectivity index (χ0) is 20.5. The highest BCUT2D eigenvalue weighted by Crippen LogP contribution is 2.33. The molecule has 0 amide bonds. The van der Waals surface area contributed by atoms with Crippen LogP contribution in [-0.4, -0.2) is 45.6 Å². The maximum absolute atomic E-state index is 11.1. The van der Waals surface area contributed by atoms with Crippen LogP contribution in [0.5, 0.6) is 10.9 Å². The molecule has 2 aromatic carbocycles. The number of nitrogens with one attached hydrogen (secondary N) is 1. The number of hydrogen-bond donors (Lipinski definition) is 2. The molecule has 1 saturated heterocycles. The number of H-pyrrole nitrogens is 1. The van der Waals surface area contributed by atoms with E-state index in [9.17, 15) is 4.79 Å². The Morgan fingerprint density at radius 1 is 1.23 bits per heavy atom. The van der Waals surface area contributed by atoms with Crippen molar-refractivity contribution in [3.8, 4) is 10.9 Å². The predicted octanol–water partition coefficient (Wildman–Crippen LogP) is 4.91. The molecule has 0 saturated carbocycles. The van der Waals surface area contributed by atoms with Gasteiger partial charge in [-0.25, -0.2) is 4.98 Å². The van der Waals surface area contributed by atoms with Gasteiger partial charge in [-0.2, -0.15) is 0 Å². The number of fused-ring (bicyclic) bond motifs is 2. The number of aliphatic carboxylic acids is 1. The lowest BCUT2D eigenvalue weighted by molar-refractivity contribution is -0.143. The molecule has 0 atom stereocenters. The third kappa shape index (κ3) is 3.91. The van der Waals surface area contributed by atoms with Gasteiger partial charge in [0, 0.05) is 23.6 Å². The first-order chi connectivity index (χ1) is 14.7. The number of aromatic nitrogens is 2. The number of para-hydroxylation sites is 1. The fraction of sp³-hybridized carbons (Fsp3) is 0.304. The number of benzene rings is 2. The Kier molecular flexibility index (Phi) is 5.14. The van der Waals surface area contributed by atoms with E-state index in [0.717, 1.165) is 65.8 Å². The standard InChI is InChI=1S/C23H23N3O3S/c27-22(28)15-7-10-26(11-8-15)12-9-16-14-24-19-6-5-17(13-18(16)19)29-23-25-20-3-1-2-4-21(20)30-23/h1-6,13-15,24H,7-12H2,(H,27,28). The van der Waals surface area contributed by atoms with Gasteiger partial charge in [0.25, 0.3) is 5.19 Å². The van der Waals surface area contributed by atoms with Crippen molar-refractivity contribution in [3.05, 3.63) is 54.2 Å². The molecule has 5 rings (SSSR count). The van der Waals surface area contributed by atoms with Gasteiger partial charge in [-0.1, -0.05) is 23.5 Å². The van der Waals surface area contributed by atoms with Crippen molar-refractivity contribution < 1.29 is 14.6 Å². The number of thiazole rings is 1. The molecule has 1 fully saturated rings. The number of carboxylic acids is 1. The van der Waals surface area contributed by atoms with Gasteiger partial charge < -0.3 is 19.7 Å². The molecule has 0 radical (unpaired) electrons. The van der Waals surface area contributed by atoms with E-state index in [1.807, 2.05) is 36.4 Å². The van der Waals surface area contributed by atoms with E-state index < -0.39 is 5.97 Å². The highest BCUT2D eigenvalue weighted by atomic mass is 32.1. The van der Waals surface area contributed by atoms with Crippen LogP contribution in [0.3, 0.4) is 0 Å². The Balaban J connectivity index is 1.28. The number of ether oxygens (including phenoxy) is 1. The van der Waals surface area contributed by atoms with Crippen molar-refractivity contribution in [2.24, 2.45) is 5.92 Å². The van der Waals surface area contributed by atoms with Crippen molar-refractivity contribution in [3.63, 3.8) is 0 Å². The smallest absolute Gasteiger partial charge is 0.306 e. The minimum Gasteiger partial charge on any atom is -0.481 e. The predicted molar refractivity (Wildman–Crippen MR) is 118 cm³/mol. The minimum absolute atomic E-state index is 0.184. The average Bonchev–Trinajstić information content (AvgIpc) is 3.35. The summed E-state index contributed by atoms with van der Waals surface area (Å²) in [7, 11) is 0. The van der Waals surface area contributed by atoms with Crippen molar-refractivity contribution in [1.82, 2.24) is 14.9 Å². The quantitative estimate of drug-likeness (QED) is 0.463. The zero-order valence-electron chi connectivity index (χ0n) is 16.5. The monoisotopic (exact) mass is 421 g/mol. The van der Waals surface area contributed by atoms with Crippen LogP contribution >= 0.6 is 11.3 Å². The Morgan fingerprint density at radius 3 is 2.87 bits per heavy atom. The Bertz CT molecular complexity index is 1160. The maximum atomic E-state index is 11.1. The Labute approximate surface area is 178 Å². The van der Waals surface area contributed by atoms with Gasteiger partial charge in [-0.3, -0.25) is 4.79 Å². The summed E-state index contributed by atoms with van der Waals surface area (Å²) < 4.78 is 7.17. The van der Waals surface area contributed by atoms with Crippen LogP contribution in [-0.2, 0) is 11.2 Å². The number of likely N-dealkylation sites (tertiary alicyclic amines) is 1. The lowest BCUT2D eigenvalue weighted by Gasteiger charge is -2.29. The second-order valence-electron chi connectivity index (χ2n) is 7.78.